The number of thiazole rings is 1. The van der Waals surface area contributed by atoms with Crippen LogP contribution in [0.3, 0.4) is 0 Å². The van der Waals surface area contributed by atoms with Crippen molar-refractivity contribution in [2.24, 2.45) is 16.7 Å². The topological polar surface area (TPSA) is 125 Å². The number of aromatic nitrogens is 3. The Labute approximate surface area is 337 Å². The summed E-state index contributed by atoms with van der Waals surface area (Å²) in [6.07, 6.45) is 5.72. The number of hydrogen-bond acceptors (Lipinski definition) is 10. The fourth-order valence-corrected chi connectivity index (χ4v) is 13.4. The number of carbonyl (C=O) groups excluding carboxylic acids is 3. The second-order valence-electron chi connectivity index (χ2n) is 16.7. The minimum atomic E-state index is -1.92. The summed E-state index contributed by atoms with van der Waals surface area (Å²) >= 11 is 1.56. The molecule has 3 fully saturated rings. The van der Waals surface area contributed by atoms with Crippen LogP contribution in [0.5, 0.6) is 0 Å². The largest absolute Gasteiger partial charge is 0.468 e. The summed E-state index contributed by atoms with van der Waals surface area (Å²) in [7, 11) is 0.173. The third-order valence-corrected chi connectivity index (χ3v) is 17.1. The minimum Gasteiger partial charge on any atom is -0.468 e. The van der Waals surface area contributed by atoms with E-state index in [9.17, 15) is 14.4 Å². The quantitative estimate of drug-likeness (QED) is 0.190. The lowest BCUT2D eigenvalue weighted by atomic mass is 9.76. The predicted molar refractivity (Wildman–Crippen MR) is 220 cm³/mol. The second-order valence-corrected chi connectivity index (χ2v) is 21.1. The van der Waals surface area contributed by atoms with E-state index in [1.54, 1.807) is 23.5 Å². The van der Waals surface area contributed by atoms with Gasteiger partial charge in [-0.05, 0) is 87.4 Å². The summed E-state index contributed by atoms with van der Waals surface area (Å²) in [6.45, 7) is 11.3. The molecule has 6 bridgehead atoms. The highest BCUT2D eigenvalue weighted by Crippen LogP contribution is 2.53. The number of cyclic esters (lactones) is 1. The number of Topliss-reactive ketones (excluding diaryl/α,β-unsaturated/α-hetero) is 1. The van der Waals surface area contributed by atoms with Gasteiger partial charge in [0.25, 0.3) is 14.6 Å². The first kappa shape index (κ1) is 39.3. The lowest BCUT2D eigenvalue weighted by Gasteiger charge is -2.50. The third kappa shape index (κ3) is 7.37. The molecule has 3 aromatic heterocycles. The van der Waals surface area contributed by atoms with Gasteiger partial charge in [0.2, 0.25) is 5.91 Å². The van der Waals surface area contributed by atoms with Crippen LogP contribution in [-0.2, 0) is 43.2 Å². The molecule has 14 heteroatoms. The molecule has 0 saturated carbocycles. The first-order valence-corrected chi connectivity index (χ1v) is 23.9. The number of ether oxygens (including phenoxy) is 3. The number of rotatable bonds is 7. The van der Waals surface area contributed by atoms with Crippen LogP contribution in [0.15, 0.2) is 41.9 Å². The first-order chi connectivity index (χ1) is 27.0. The highest BCUT2D eigenvalue weighted by atomic mass is 32.1. The maximum Gasteiger partial charge on any atom is 0.294 e. The van der Waals surface area contributed by atoms with Crippen molar-refractivity contribution in [2.75, 3.05) is 33.5 Å². The lowest BCUT2D eigenvalue weighted by Crippen LogP contribution is -2.65. The van der Waals surface area contributed by atoms with Crippen LogP contribution in [0.25, 0.3) is 33.4 Å². The molecular formula is C42H52N5O6SSi2. The van der Waals surface area contributed by atoms with Crippen LogP contribution in [-0.4, -0.2) is 88.8 Å². The number of pyridine rings is 1. The second kappa shape index (κ2) is 16.0. The molecule has 2 unspecified atom stereocenters. The predicted octanol–water partition coefficient (Wildman–Crippen LogP) is 7.42. The number of carbonyl (C=O) groups is 3. The summed E-state index contributed by atoms with van der Waals surface area (Å²) < 4.78 is 20.1. The highest BCUT2D eigenvalue weighted by Gasteiger charge is 2.58. The minimum absolute atomic E-state index is 0.0836. The van der Waals surface area contributed by atoms with E-state index in [4.69, 9.17) is 24.2 Å². The van der Waals surface area contributed by atoms with Gasteiger partial charge in [0, 0.05) is 90.8 Å². The number of aryl methyl sites for hydroxylation is 1. The van der Waals surface area contributed by atoms with E-state index in [1.165, 1.54) is 5.56 Å². The number of hydrazine groups is 1. The van der Waals surface area contributed by atoms with Crippen molar-refractivity contribution in [1.29, 1.82) is 0 Å². The average Bonchev–Trinajstić information content (AvgIpc) is 3.79. The molecule has 4 aliphatic rings. The molecule has 1 spiro atoms. The van der Waals surface area contributed by atoms with Crippen molar-refractivity contribution < 1.29 is 28.6 Å². The van der Waals surface area contributed by atoms with E-state index < -0.39 is 19.8 Å². The van der Waals surface area contributed by atoms with E-state index in [-0.39, 0.29) is 41.5 Å². The van der Waals surface area contributed by atoms with E-state index in [2.05, 4.69) is 60.1 Å². The maximum absolute atomic E-state index is 14.8. The van der Waals surface area contributed by atoms with Crippen molar-refractivity contribution in [2.45, 2.75) is 96.5 Å². The van der Waals surface area contributed by atoms with Gasteiger partial charge in [0.05, 0.1) is 49.7 Å². The highest BCUT2D eigenvalue weighted by molar-refractivity contribution is 7.10. The lowest BCUT2D eigenvalue weighted by molar-refractivity contribution is -0.148. The zero-order valence-corrected chi connectivity index (χ0v) is 35.9. The number of benzene rings is 1. The number of nitrogens with zero attached hydrogens (tertiary/aromatic N) is 4. The van der Waals surface area contributed by atoms with Gasteiger partial charge in [0.15, 0.2) is 0 Å². The molecule has 1 aromatic carbocycles. The SMILES string of the molecule is CCn1c(-c2cccnc2[C@H](C)OC)c2c3cc(ccc31)-c1csc(n1)C[C@@]1(C[Si]C1C(=O)CC1CCCOC1)C(=O)N1CCC[Si](N1)C(=O)OCC(C)(C)C2. The van der Waals surface area contributed by atoms with Gasteiger partial charge in [-0.25, -0.2) is 10.1 Å². The Bertz CT molecular complexity index is 2130. The van der Waals surface area contributed by atoms with Crippen molar-refractivity contribution in [3.63, 3.8) is 0 Å². The van der Waals surface area contributed by atoms with Crippen LogP contribution in [0.2, 0.25) is 17.6 Å². The standard InChI is InChI=1S/C42H52N5O6SSi2/c1-6-46-33-13-12-28-19-30(33)31(37(46)29-11-7-14-43-36(29)26(2)51-5)20-41(3,4)24-53-40(50)56-17-9-15-47(45-56)39(49)42(21-35-44-32(28)23-54-35)25-55-38(42)34(48)18-27-10-8-16-52-22-27/h7,11-14,19,23,26-27,38,45H,6,8-10,15-18,20-22,24-25H2,1-5H3/t26-,27?,38?,42-/m0/s1. The molecule has 4 aromatic rings. The molecule has 3 saturated heterocycles. The van der Waals surface area contributed by atoms with Gasteiger partial charge in [-0.1, -0.05) is 19.9 Å². The Kier molecular flexibility index (Phi) is 11.2. The van der Waals surface area contributed by atoms with E-state index in [0.29, 0.717) is 60.4 Å². The summed E-state index contributed by atoms with van der Waals surface area (Å²) in [5, 5.41) is 9.11. The fourth-order valence-electron chi connectivity index (χ4n) is 9.06. The van der Waals surface area contributed by atoms with Gasteiger partial charge in [-0.2, -0.15) is 0 Å². The molecule has 4 atom stereocenters. The molecule has 56 heavy (non-hydrogen) atoms. The van der Waals surface area contributed by atoms with E-state index >= 15 is 0 Å². The molecule has 1 amide bonds. The fraction of sp³-hybridized carbons (Fsp3) is 0.548. The van der Waals surface area contributed by atoms with Crippen molar-refractivity contribution in [1.82, 2.24) is 24.6 Å². The number of nitrogens with one attached hydrogen (secondary N) is 1. The molecule has 1 N–H and O–H groups in total. The average molecular weight is 811 g/mol. The Hall–Kier alpha value is -3.54. The molecule has 8 rings (SSSR count). The van der Waals surface area contributed by atoms with Gasteiger partial charge < -0.3 is 18.8 Å². The van der Waals surface area contributed by atoms with Gasteiger partial charge in [-0.3, -0.25) is 24.4 Å². The summed E-state index contributed by atoms with van der Waals surface area (Å²) in [6, 6.07) is 12.0. The number of ketones is 1. The Balaban J connectivity index is 1.24. The van der Waals surface area contributed by atoms with Crippen molar-refractivity contribution in [3.05, 3.63) is 58.2 Å². The monoisotopic (exact) mass is 810 g/mol. The maximum atomic E-state index is 14.8. The third-order valence-electron chi connectivity index (χ3n) is 12.1. The van der Waals surface area contributed by atoms with Crippen LogP contribution in [0.1, 0.15) is 75.7 Å². The van der Waals surface area contributed by atoms with Crippen molar-refractivity contribution >= 4 is 58.0 Å². The van der Waals surface area contributed by atoms with Gasteiger partial charge in [0.1, 0.15) is 5.78 Å². The van der Waals surface area contributed by atoms with Crippen LogP contribution >= 0.6 is 11.3 Å². The Morgan fingerprint density at radius 2 is 2.07 bits per heavy atom. The van der Waals surface area contributed by atoms with Crippen molar-refractivity contribution in [3.8, 4) is 22.5 Å². The molecule has 0 aliphatic carbocycles. The Morgan fingerprint density at radius 3 is 2.82 bits per heavy atom. The number of fused-ring (bicyclic) bond motifs is 6. The van der Waals surface area contributed by atoms with Gasteiger partial charge in [-0.15, -0.1) is 11.3 Å². The number of methoxy groups -OCH3 is 1. The molecule has 11 nitrogen and oxygen atoms in total. The van der Waals surface area contributed by atoms with Crippen LogP contribution < -0.4 is 5.09 Å². The number of amides is 1. The zero-order chi connectivity index (χ0) is 39.2. The summed E-state index contributed by atoms with van der Waals surface area (Å²) in [5.41, 5.74) is 5.16. The molecule has 4 aliphatic heterocycles. The van der Waals surface area contributed by atoms with Crippen LogP contribution in [0.4, 0.5) is 4.79 Å². The normalized spacial score (nSPS) is 25.1. The van der Waals surface area contributed by atoms with E-state index in [0.717, 1.165) is 70.1 Å². The molecule has 295 valence electrons. The summed E-state index contributed by atoms with van der Waals surface area (Å²) in [5.74, 6) is 0.268. The smallest absolute Gasteiger partial charge is 0.294 e. The van der Waals surface area contributed by atoms with E-state index in [1.807, 2.05) is 19.2 Å². The first-order valence-electron chi connectivity index (χ1n) is 20.1. The zero-order valence-electron chi connectivity index (χ0n) is 33.1. The summed E-state index contributed by atoms with van der Waals surface area (Å²) in [4.78, 5) is 52.8. The molecule has 3 radical (unpaired) electrons. The molecular weight excluding hydrogens is 759 g/mol. The molecule has 7 heterocycles. The van der Waals surface area contributed by atoms with Crippen LogP contribution in [0, 0.1) is 16.7 Å². The number of hydrogen-bond donors (Lipinski definition) is 1. The van der Waals surface area contributed by atoms with Gasteiger partial charge >= 0.3 is 0 Å². The Morgan fingerprint density at radius 1 is 1.21 bits per heavy atom.